The van der Waals surface area contributed by atoms with Gasteiger partial charge in [-0.25, -0.2) is 4.98 Å². The lowest BCUT2D eigenvalue weighted by Crippen LogP contribution is -2.38. The predicted molar refractivity (Wildman–Crippen MR) is 112 cm³/mol. The lowest BCUT2D eigenvalue weighted by Gasteiger charge is -2.22. The van der Waals surface area contributed by atoms with Crippen LogP contribution in [0.1, 0.15) is 69.6 Å². The summed E-state index contributed by atoms with van der Waals surface area (Å²) in [4.78, 5) is 37.3. The minimum atomic E-state index is -0.172. The van der Waals surface area contributed by atoms with E-state index in [4.69, 9.17) is 0 Å². The van der Waals surface area contributed by atoms with Crippen LogP contribution in [0.5, 0.6) is 0 Å². The predicted octanol–water partition coefficient (Wildman–Crippen LogP) is 2.65. The highest BCUT2D eigenvalue weighted by molar-refractivity contribution is 5.92. The van der Waals surface area contributed by atoms with E-state index < -0.39 is 0 Å². The molecule has 1 N–H and O–H groups in total. The molecule has 1 atom stereocenters. The molecule has 2 amide bonds. The molecule has 0 bridgehead atoms. The third-order valence-corrected chi connectivity index (χ3v) is 4.80. The maximum atomic E-state index is 12.6. The van der Waals surface area contributed by atoms with Crippen molar-refractivity contribution in [1.29, 1.82) is 0 Å². The average Bonchev–Trinajstić information content (AvgIpc) is 2.68. The average molecular weight is 392 g/mol. The third-order valence-electron chi connectivity index (χ3n) is 4.80. The molecule has 1 heterocycles. The number of carbonyl (C=O) groups excluding carboxylic acids is 2. The zero-order chi connectivity index (χ0) is 20.9. The highest BCUT2D eigenvalue weighted by atomic mass is 16.2. The Labute approximate surface area is 169 Å². The SMILES string of the molecule is CCCN(CCC(=O)N[C@H](C)CCCN(CC)CC)C(=O)c1cnc(C)cn1. The van der Waals surface area contributed by atoms with Crippen molar-refractivity contribution in [3.05, 3.63) is 23.8 Å². The fourth-order valence-electron chi connectivity index (χ4n) is 3.07. The smallest absolute Gasteiger partial charge is 0.274 e. The van der Waals surface area contributed by atoms with E-state index in [0.29, 0.717) is 25.2 Å². The summed E-state index contributed by atoms with van der Waals surface area (Å²) in [6, 6.07) is 0.140. The molecule has 0 aliphatic heterocycles. The number of hydrogen-bond acceptors (Lipinski definition) is 5. The Kier molecular flexibility index (Phi) is 11.3. The van der Waals surface area contributed by atoms with Crippen LogP contribution >= 0.6 is 0 Å². The van der Waals surface area contributed by atoms with Crippen LogP contribution in [0.2, 0.25) is 0 Å². The first-order valence-electron chi connectivity index (χ1n) is 10.5. The summed E-state index contributed by atoms with van der Waals surface area (Å²) in [5, 5.41) is 3.05. The van der Waals surface area contributed by atoms with Crippen molar-refractivity contribution in [2.45, 2.75) is 66.3 Å². The summed E-state index contributed by atoms with van der Waals surface area (Å²) in [7, 11) is 0. The molecule has 0 aliphatic carbocycles. The minimum Gasteiger partial charge on any atom is -0.354 e. The van der Waals surface area contributed by atoms with Gasteiger partial charge in [0.25, 0.3) is 5.91 Å². The van der Waals surface area contributed by atoms with Crippen LogP contribution in [0.3, 0.4) is 0 Å². The number of amides is 2. The van der Waals surface area contributed by atoms with Gasteiger partial charge < -0.3 is 15.1 Å². The van der Waals surface area contributed by atoms with E-state index in [-0.39, 0.29) is 17.9 Å². The van der Waals surface area contributed by atoms with E-state index in [1.54, 1.807) is 11.1 Å². The van der Waals surface area contributed by atoms with Crippen molar-refractivity contribution in [2.24, 2.45) is 0 Å². The van der Waals surface area contributed by atoms with Gasteiger partial charge in [-0.05, 0) is 52.7 Å². The molecule has 1 aromatic heterocycles. The molecule has 7 heteroatoms. The summed E-state index contributed by atoms with van der Waals surface area (Å²) in [6.45, 7) is 14.4. The van der Waals surface area contributed by atoms with Crippen LogP contribution in [0, 0.1) is 6.92 Å². The number of rotatable bonds is 13. The van der Waals surface area contributed by atoms with Crippen molar-refractivity contribution < 1.29 is 9.59 Å². The van der Waals surface area contributed by atoms with Crippen LogP contribution < -0.4 is 5.32 Å². The fourth-order valence-corrected chi connectivity index (χ4v) is 3.07. The maximum Gasteiger partial charge on any atom is 0.274 e. The Morgan fingerprint density at radius 1 is 1.07 bits per heavy atom. The van der Waals surface area contributed by atoms with Gasteiger partial charge in [0.2, 0.25) is 5.91 Å². The quantitative estimate of drug-likeness (QED) is 0.559. The zero-order valence-electron chi connectivity index (χ0n) is 18.2. The molecule has 0 fully saturated rings. The first kappa shape index (κ1) is 24.0. The standard InChI is InChI=1S/C21H37N5O2/c1-6-12-26(21(28)19-16-22-18(5)15-23-19)14-11-20(27)24-17(4)10-9-13-25(7-2)8-3/h15-17H,6-14H2,1-5H3,(H,24,27)/t17-/m1/s1. The van der Waals surface area contributed by atoms with Crippen LogP contribution in [0.15, 0.2) is 12.4 Å². The molecule has 1 aromatic rings. The van der Waals surface area contributed by atoms with Gasteiger partial charge >= 0.3 is 0 Å². The highest BCUT2D eigenvalue weighted by Crippen LogP contribution is 2.05. The van der Waals surface area contributed by atoms with Gasteiger partial charge in [-0.3, -0.25) is 14.6 Å². The van der Waals surface area contributed by atoms with E-state index in [0.717, 1.165) is 44.6 Å². The molecule has 0 aliphatic rings. The van der Waals surface area contributed by atoms with Gasteiger partial charge in [0.05, 0.1) is 11.9 Å². The van der Waals surface area contributed by atoms with Crippen LogP contribution in [0.25, 0.3) is 0 Å². The van der Waals surface area contributed by atoms with Gasteiger partial charge in [-0.15, -0.1) is 0 Å². The normalized spacial score (nSPS) is 12.1. The van der Waals surface area contributed by atoms with Gasteiger partial charge in [0.1, 0.15) is 5.69 Å². The zero-order valence-corrected chi connectivity index (χ0v) is 18.2. The van der Waals surface area contributed by atoms with Gasteiger partial charge in [-0.1, -0.05) is 20.8 Å². The van der Waals surface area contributed by atoms with Crippen molar-refractivity contribution in [2.75, 3.05) is 32.7 Å². The topological polar surface area (TPSA) is 78.4 Å². The lowest BCUT2D eigenvalue weighted by molar-refractivity contribution is -0.121. The van der Waals surface area contributed by atoms with E-state index in [2.05, 4.69) is 34.0 Å². The molecule has 0 saturated heterocycles. The Bertz CT molecular complexity index is 587. The van der Waals surface area contributed by atoms with Crippen LogP contribution in [-0.2, 0) is 4.79 Å². The van der Waals surface area contributed by atoms with E-state index in [1.807, 2.05) is 20.8 Å². The Morgan fingerprint density at radius 2 is 1.79 bits per heavy atom. The molecule has 0 saturated carbocycles. The molecule has 1 rings (SSSR count). The molecule has 0 radical (unpaired) electrons. The summed E-state index contributed by atoms with van der Waals surface area (Å²) in [6.07, 6.45) is 6.23. The van der Waals surface area contributed by atoms with E-state index in [1.165, 1.54) is 6.20 Å². The number of hydrogen-bond donors (Lipinski definition) is 1. The van der Waals surface area contributed by atoms with Crippen molar-refractivity contribution in [1.82, 2.24) is 25.1 Å². The minimum absolute atomic E-state index is 0.0146. The second-order valence-corrected chi connectivity index (χ2v) is 7.22. The van der Waals surface area contributed by atoms with Crippen LogP contribution in [-0.4, -0.2) is 70.3 Å². The number of nitrogens with zero attached hydrogens (tertiary/aromatic N) is 4. The molecule has 0 aromatic carbocycles. The summed E-state index contributed by atoms with van der Waals surface area (Å²) >= 11 is 0. The van der Waals surface area contributed by atoms with Crippen molar-refractivity contribution in [3.63, 3.8) is 0 Å². The number of aromatic nitrogens is 2. The number of nitrogens with one attached hydrogen (secondary N) is 1. The van der Waals surface area contributed by atoms with Crippen LogP contribution in [0.4, 0.5) is 0 Å². The van der Waals surface area contributed by atoms with Gasteiger partial charge in [0.15, 0.2) is 0 Å². The molecule has 0 unspecified atom stereocenters. The third kappa shape index (κ3) is 8.78. The highest BCUT2D eigenvalue weighted by Gasteiger charge is 2.18. The molecular formula is C21H37N5O2. The Hall–Kier alpha value is -2.02. The first-order chi connectivity index (χ1) is 13.4. The number of aryl methyl sites for hydroxylation is 1. The monoisotopic (exact) mass is 391 g/mol. The first-order valence-corrected chi connectivity index (χ1v) is 10.5. The Morgan fingerprint density at radius 3 is 2.36 bits per heavy atom. The molecule has 7 nitrogen and oxygen atoms in total. The molecule has 28 heavy (non-hydrogen) atoms. The van der Waals surface area contributed by atoms with Gasteiger partial charge in [0, 0.05) is 31.7 Å². The lowest BCUT2D eigenvalue weighted by atomic mass is 10.1. The second kappa shape index (κ2) is 13.2. The molecular weight excluding hydrogens is 354 g/mol. The van der Waals surface area contributed by atoms with E-state index >= 15 is 0 Å². The largest absolute Gasteiger partial charge is 0.354 e. The number of carbonyl (C=O) groups is 2. The van der Waals surface area contributed by atoms with Crippen molar-refractivity contribution >= 4 is 11.8 Å². The summed E-state index contributed by atoms with van der Waals surface area (Å²) < 4.78 is 0. The molecule has 158 valence electrons. The van der Waals surface area contributed by atoms with E-state index in [9.17, 15) is 9.59 Å². The van der Waals surface area contributed by atoms with Gasteiger partial charge in [-0.2, -0.15) is 0 Å². The molecule has 0 spiro atoms. The summed E-state index contributed by atoms with van der Waals surface area (Å²) in [5.41, 5.74) is 1.09. The summed E-state index contributed by atoms with van der Waals surface area (Å²) in [5.74, 6) is -0.186. The fraction of sp³-hybridized carbons (Fsp3) is 0.714. The maximum absolute atomic E-state index is 12.6. The van der Waals surface area contributed by atoms with Crippen molar-refractivity contribution in [3.8, 4) is 0 Å². The Balaban J connectivity index is 2.44. The second-order valence-electron chi connectivity index (χ2n) is 7.22.